The summed E-state index contributed by atoms with van der Waals surface area (Å²) in [5, 5.41) is 9.56. The zero-order chi connectivity index (χ0) is 8.18. The van der Waals surface area contributed by atoms with Crippen LogP contribution < -0.4 is 0 Å². The van der Waals surface area contributed by atoms with Crippen molar-refractivity contribution in [2.75, 3.05) is 13.2 Å². The van der Waals surface area contributed by atoms with Gasteiger partial charge < -0.3 is 19.3 Å². The number of ether oxygens (including phenoxy) is 3. The van der Waals surface area contributed by atoms with E-state index in [2.05, 4.69) is 0 Å². The fourth-order valence-corrected chi connectivity index (χ4v) is 2.22. The summed E-state index contributed by atoms with van der Waals surface area (Å²) >= 11 is 0. The fourth-order valence-electron chi connectivity index (χ4n) is 2.22. The molecule has 2 saturated heterocycles. The minimum Gasteiger partial charge on any atom is -0.390 e. The summed E-state index contributed by atoms with van der Waals surface area (Å²) < 4.78 is 16.2. The monoisotopic (exact) mass is 172 g/mol. The smallest absolute Gasteiger partial charge is 0.173 e. The molecule has 0 aromatic heterocycles. The van der Waals surface area contributed by atoms with Crippen LogP contribution in [0.3, 0.4) is 0 Å². The van der Waals surface area contributed by atoms with Gasteiger partial charge in [-0.15, -0.1) is 0 Å². The lowest BCUT2D eigenvalue weighted by Crippen LogP contribution is -2.42. The predicted molar refractivity (Wildman–Crippen MR) is 38.5 cm³/mol. The minimum absolute atomic E-state index is 0.0587. The summed E-state index contributed by atoms with van der Waals surface area (Å²) in [5.74, 6) is -0.517. The number of aliphatic hydroxyl groups is 1. The third-order valence-electron chi connectivity index (χ3n) is 2.85. The van der Waals surface area contributed by atoms with Gasteiger partial charge in [0.25, 0.3) is 0 Å². The standard InChI is InChI=1S/C8H12O4/c9-5-3-8(10-1-2-11-8)4-6-7(5)12-6/h5-7,9H,1-4H2/t5?,6?,7-/m1/s1. The minimum atomic E-state index is -0.517. The van der Waals surface area contributed by atoms with Crippen molar-refractivity contribution >= 4 is 0 Å². The second kappa shape index (κ2) is 2.20. The molecule has 0 aromatic rings. The van der Waals surface area contributed by atoms with Crippen molar-refractivity contribution < 1.29 is 19.3 Å². The Kier molecular flexibility index (Phi) is 1.33. The molecule has 2 unspecified atom stereocenters. The highest BCUT2D eigenvalue weighted by molar-refractivity contribution is 5.02. The van der Waals surface area contributed by atoms with Crippen LogP contribution in [0.25, 0.3) is 0 Å². The van der Waals surface area contributed by atoms with Gasteiger partial charge in [-0.25, -0.2) is 0 Å². The lowest BCUT2D eigenvalue weighted by molar-refractivity contribution is -0.189. The number of fused-ring (bicyclic) bond motifs is 1. The zero-order valence-corrected chi connectivity index (χ0v) is 6.73. The summed E-state index contributed by atoms with van der Waals surface area (Å²) in [4.78, 5) is 0. The van der Waals surface area contributed by atoms with Gasteiger partial charge in [0.1, 0.15) is 6.10 Å². The van der Waals surface area contributed by atoms with Crippen molar-refractivity contribution in [2.45, 2.75) is 36.9 Å². The highest BCUT2D eigenvalue weighted by Crippen LogP contribution is 2.45. The molecule has 3 aliphatic rings. The largest absolute Gasteiger partial charge is 0.390 e. The first kappa shape index (κ1) is 7.26. The molecule has 1 aliphatic carbocycles. The van der Waals surface area contributed by atoms with Crippen molar-refractivity contribution in [1.29, 1.82) is 0 Å². The molecule has 1 spiro atoms. The molecule has 12 heavy (non-hydrogen) atoms. The average Bonchev–Trinajstić information content (AvgIpc) is 2.66. The second-order valence-corrected chi connectivity index (χ2v) is 3.72. The average molecular weight is 172 g/mol. The molecule has 2 heterocycles. The normalized spacial score (nSPS) is 49.2. The molecule has 4 heteroatoms. The van der Waals surface area contributed by atoms with E-state index in [-0.39, 0.29) is 12.2 Å². The second-order valence-electron chi connectivity index (χ2n) is 3.72. The van der Waals surface area contributed by atoms with Gasteiger partial charge in [0.15, 0.2) is 5.79 Å². The van der Waals surface area contributed by atoms with Crippen LogP contribution >= 0.6 is 0 Å². The quantitative estimate of drug-likeness (QED) is 0.507. The lowest BCUT2D eigenvalue weighted by Gasteiger charge is -2.31. The molecule has 0 bridgehead atoms. The summed E-state index contributed by atoms with van der Waals surface area (Å²) in [6, 6.07) is 0. The molecular weight excluding hydrogens is 160 g/mol. The summed E-state index contributed by atoms with van der Waals surface area (Å²) in [7, 11) is 0. The van der Waals surface area contributed by atoms with Gasteiger partial charge in [-0.3, -0.25) is 0 Å². The molecule has 3 atom stereocenters. The Bertz CT molecular complexity index is 199. The number of hydrogen-bond acceptors (Lipinski definition) is 4. The summed E-state index contributed by atoms with van der Waals surface area (Å²) in [6.07, 6.45) is 1.18. The fraction of sp³-hybridized carbons (Fsp3) is 1.00. The Morgan fingerprint density at radius 1 is 1.17 bits per heavy atom. The van der Waals surface area contributed by atoms with E-state index in [9.17, 15) is 5.11 Å². The zero-order valence-electron chi connectivity index (χ0n) is 6.73. The lowest BCUT2D eigenvalue weighted by atomic mass is 9.92. The van der Waals surface area contributed by atoms with Crippen LogP contribution in [-0.4, -0.2) is 42.4 Å². The molecule has 0 radical (unpaired) electrons. The van der Waals surface area contributed by atoms with E-state index in [1.807, 2.05) is 0 Å². The van der Waals surface area contributed by atoms with Crippen molar-refractivity contribution in [2.24, 2.45) is 0 Å². The van der Waals surface area contributed by atoms with Gasteiger partial charge in [0, 0.05) is 12.8 Å². The number of hydrogen-bond donors (Lipinski definition) is 1. The Labute approximate surface area is 70.4 Å². The number of epoxide rings is 1. The van der Waals surface area contributed by atoms with Crippen LogP contribution in [-0.2, 0) is 14.2 Å². The maximum atomic E-state index is 9.56. The van der Waals surface area contributed by atoms with Gasteiger partial charge in [0.2, 0.25) is 0 Å². The SMILES string of the molecule is OC1CC2(CC3O[C@H]13)OCCO2. The third kappa shape index (κ3) is 0.925. The van der Waals surface area contributed by atoms with Gasteiger partial charge in [-0.05, 0) is 0 Å². The van der Waals surface area contributed by atoms with E-state index in [4.69, 9.17) is 14.2 Å². The predicted octanol–water partition coefficient (Wildman–Crippen LogP) is -0.348. The van der Waals surface area contributed by atoms with Gasteiger partial charge >= 0.3 is 0 Å². The molecule has 0 amide bonds. The van der Waals surface area contributed by atoms with E-state index in [0.29, 0.717) is 19.6 Å². The first-order chi connectivity index (χ1) is 5.79. The van der Waals surface area contributed by atoms with Gasteiger partial charge in [-0.1, -0.05) is 0 Å². The molecule has 3 rings (SSSR count). The summed E-state index contributed by atoms with van der Waals surface area (Å²) in [6.45, 7) is 1.29. The van der Waals surface area contributed by atoms with E-state index < -0.39 is 11.9 Å². The topological polar surface area (TPSA) is 51.2 Å². The van der Waals surface area contributed by atoms with Crippen molar-refractivity contribution in [3.8, 4) is 0 Å². The molecule has 2 aliphatic heterocycles. The Morgan fingerprint density at radius 2 is 1.92 bits per heavy atom. The van der Waals surface area contributed by atoms with E-state index in [1.165, 1.54) is 0 Å². The van der Waals surface area contributed by atoms with Crippen LogP contribution in [0.15, 0.2) is 0 Å². The van der Waals surface area contributed by atoms with Crippen LogP contribution in [0.1, 0.15) is 12.8 Å². The Hall–Kier alpha value is -0.160. The molecule has 3 fully saturated rings. The van der Waals surface area contributed by atoms with Crippen LogP contribution in [0.4, 0.5) is 0 Å². The molecule has 1 N–H and O–H groups in total. The van der Waals surface area contributed by atoms with Crippen molar-refractivity contribution in [3.05, 3.63) is 0 Å². The molecule has 1 saturated carbocycles. The van der Waals surface area contributed by atoms with Crippen molar-refractivity contribution in [3.63, 3.8) is 0 Å². The van der Waals surface area contributed by atoms with Crippen LogP contribution in [0.2, 0.25) is 0 Å². The number of rotatable bonds is 0. The number of aliphatic hydroxyl groups excluding tert-OH is 1. The first-order valence-corrected chi connectivity index (χ1v) is 4.41. The molecular formula is C8H12O4. The first-order valence-electron chi connectivity index (χ1n) is 4.41. The van der Waals surface area contributed by atoms with E-state index >= 15 is 0 Å². The summed E-state index contributed by atoms with van der Waals surface area (Å²) in [5.41, 5.74) is 0. The third-order valence-corrected chi connectivity index (χ3v) is 2.85. The molecule has 0 aromatic carbocycles. The Balaban J connectivity index is 1.79. The maximum absolute atomic E-state index is 9.56. The highest BCUT2D eigenvalue weighted by atomic mass is 16.7. The van der Waals surface area contributed by atoms with E-state index in [1.54, 1.807) is 0 Å². The van der Waals surface area contributed by atoms with Crippen molar-refractivity contribution in [1.82, 2.24) is 0 Å². The molecule has 4 nitrogen and oxygen atoms in total. The Morgan fingerprint density at radius 3 is 2.58 bits per heavy atom. The van der Waals surface area contributed by atoms with Gasteiger partial charge in [-0.2, -0.15) is 0 Å². The van der Waals surface area contributed by atoms with E-state index in [0.717, 1.165) is 6.42 Å². The van der Waals surface area contributed by atoms with Crippen LogP contribution in [0, 0.1) is 0 Å². The van der Waals surface area contributed by atoms with Gasteiger partial charge in [0.05, 0.1) is 25.4 Å². The molecule has 68 valence electrons. The highest BCUT2D eigenvalue weighted by Gasteiger charge is 2.58. The maximum Gasteiger partial charge on any atom is 0.173 e. The van der Waals surface area contributed by atoms with Crippen LogP contribution in [0.5, 0.6) is 0 Å².